The minimum atomic E-state index is -4.70. The molecule has 1 atom stereocenters. The first-order valence-electron chi connectivity index (χ1n) is 6.16. The van der Waals surface area contributed by atoms with Gasteiger partial charge in [0.25, 0.3) is 0 Å². The number of hydrogen-bond donors (Lipinski definition) is 1. The Labute approximate surface area is 116 Å². The lowest BCUT2D eigenvalue weighted by atomic mass is 9.94. The fourth-order valence-corrected chi connectivity index (χ4v) is 1.45. The predicted molar refractivity (Wildman–Crippen MR) is 69.1 cm³/mol. The fraction of sp³-hybridized carbons (Fsp3) is 0.500. The molecule has 0 unspecified atom stereocenters. The minimum Gasteiger partial charge on any atom is -0.406 e. The molecule has 1 aromatic carbocycles. The largest absolute Gasteiger partial charge is 0.573 e. The van der Waals surface area contributed by atoms with E-state index in [1.807, 2.05) is 0 Å². The van der Waals surface area contributed by atoms with Crippen molar-refractivity contribution in [1.82, 2.24) is 5.32 Å². The lowest BCUT2D eigenvalue weighted by Gasteiger charge is -2.22. The van der Waals surface area contributed by atoms with Gasteiger partial charge in [0.15, 0.2) is 0 Å². The van der Waals surface area contributed by atoms with Gasteiger partial charge in [-0.25, -0.2) is 0 Å². The maximum atomic E-state index is 12.0. The molecule has 0 saturated carbocycles. The monoisotopic (exact) mass is 289 g/mol. The number of ether oxygens (including phenoxy) is 1. The SMILES string of the molecule is C[C@@H](NC(=O)C(C)(C)C)c1ccc(OC(F)(F)F)cc1. The number of alkyl halides is 3. The Morgan fingerprint density at radius 3 is 2.05 bits per heavy atom. The lowest BCUT2D eigenvalue weighted by Crippen LogP contribution is -2.36. The molecule has 0 aliphatic rings. The molecule has 0 spiro atoms. The van der Waals surface area contributed by atoms with Crippen molar-refractivity contribution in [3.05, 3.63) is 29.8 Å². The van der Waals surface area contributed by atoms with E-state index in [0.717, 1.165) is 0 Å². The highest BCUT2D eigenvalue weighted by atomic mass is 19.4. The molecule has 0 saturated heterocycles. The van der Waals surface area contributed by atoms with E-state index in [-0.39, 0.29) is 17.7 Å². The first kappa shape index (κ1) is 16.3. The van der Waals surface area contributed by atoms with E-state index in [1.165, 1.54) is 24.3 Å². The van der Waals surface area contributed by atoms with Gasteiger partial charge in [-0.05, 0) is 24.6 Å². The molecule has 0 bridgehead atoms. The smallest absolute Gasteiger partial charge is 0.406 e. The summed E-state index contributed by atoms with van der Waals surface area (Å²) in [7, 11) is 0. The average molecular weight is 289 g/mol. The van der Waals surface area contributed by atoms with Crippen LogP contribution in [0, 0.1) is 5.41 Å². The summed E-state index contributed by atoms with van der Waals surface area (Å²) in [5.74, 6) is -0.406. The molecule has 0 radical (unpaired) electrons. The van der Waals surface area contributed by atoms with Crippen LogP contribution in [-0.4, -0.2) is 12.3 Å². The second-order valence-electron chi connectivity index (χ2n) is 5.56. The molecular weight excluding hydrogens is 271 g/mol. The maximum Gasteiger partial charge on any atom is 0.573 e. The number of benzene rings is 1. The molecule has 1 aromatic rings. The number of carbonyl (C=O) groups is 1. The van der Waals surface area contributed by atoms with E-state index in [9.17, 15) is 18.0 Å². The van der Waals surface area contributed by atoms with E-state index >= 15 is 0 Å². The van der Waals surface area contributed by atoms with Crippen molar-refractivity contribution in [1.29, 1.82) is 0 Å². The average Bonchev–Trinajstić information content (AvgIpc) is 2.26. The molecular formula is C14H18F3NO2. The highest BCUT2D eigenvalue weighted by Crippen LogP contribution is 2.25. The van der Waals surface area contributed by atoms with Crippen molar-refractivity contribution in [3.8, 4) is 5.75 Å². The van der Waals surface area contributed by atoms with E-state index in [4.69, 9.17) is 0 Å². The lowest BCUT2D eigenvalue weighted by molar-refractivity contribution is -0.274. The van der Waals surface area contributed by atoms with Crippen LogP contribution >= 0.6 is 0 Å². The summed E-state index contributed by atoms with van der Waals surface area (Å²) in [6.07, 6.45) is -4.70. The van der Waals surface area contributed by atoms with Gasteiger partial charge < -0.3 is 10.1 Å². The van der Waals surface area contributed by atoms with Crippen molar-refractivity contribution in [2.45, 2.75) is 40.1 Å². The van der Waals surface area contributed by atoms with Crippen molar-refractivity contribution >= 4 is 5.91 Å². The molecule has 6 heteroatoms. The van der Waals surface area contributed by atoms with Crippen LogP contribution in [0.15, 0.2) is 24.3 Å². The number of nitrogens with one attached hydrogen (secondary N) is 1. The van der Waals surface area contributed by atoms with Crippen LogP contribution in [0.25, 0.3) is 0 Å². The number of amides is 1. The summed E-state index contributed by atoms with van der Waals surface area (Å²) < 4.78 is 39.9. The summed E-state index contributed by atoms with van der Waals surface area (Å²) in [6.45, 7) is 7.13. The third-order valence-corrected chi connectivity index (χ3v) is 2.64. The van der Waals surface area contributed by atoms with Gasteiger partial charge in [-0.3, -0.25) is 4.79 Å². The number of hydrogen-bond acceptors (Lipinski definition) is 2. The van der Waals surface area contributed by atoms with Crippen LogP contribution in [0.2, 0.25) is 0 Å². The zero-order valence-electron chi connectivity index (χ0n) is 11.8. The van der Waals surface area contributed by atoms with Crippen molar-refractivity contribution in [2.75, 3.05) is 0 Å². The first-order chi connectivity index (χ1) is 8.99. The second-order valence-corrected chi connectivity index (χ2v) is 5.56. The molecule has 20 heavy (non-hydrogen) atoms. The van der Waals surface area contributed by atoms with Gasteiger partial charge in [0, 0.05) is 5.41 Å². The van der Waals surface area contributed by atoms with Crippen LogP contribution in [0.4, 0.5) is 13.2 Å². The van der Waals surface area contributed by atoms with Crippen LogP contribution < -0.4 is 10.1 Å². The second kappa shape index (κ2) is 5.73. The summed E-state index contributed by atoms with van der Waals surface area (Å²) in [5.41, 5.74) is 0.185. The third-order valence-electron chi connectivity index (χ3n) is 2.64. The number of halogens is 3. The number of carbonyl (C=O) groups excluding carboxylic acids is 1. The third kappa shape index (κ3) is 5.11. The summed E-state index contributed by atoms with van der Waals surface area (Å²) in [4.78, 5) is 11.8. The van der Waals surface area contributed by atoms with Crippen LogP contribution in [-0.2, 0) is 4.79 Å². The highest BCUT2D eigenvalue weighted by Gasteiger charge is 2.31. The molecule has 1 amide bonds. The summed E-state index contributed by atoms with van der Waals surface area (Å²) in [5, 5.41) is 2.80. The van der Waals surface area contributed by atoms with Gasteiger partial charge in [-0.1, -0.05) is 32.9 Å². The fourth-order valence-electron chi connectivity index (χ4n) is 1.45. The van der Waals surface area contributed by atoms with Crippen molar-refractivity contribution in [3.63, 3.8) is 0 Å². The Hall–Kier alpha value is -1.72. The molecule has 0 aromatic heterocycles. The highest BCUT2D eigenvalue weighted by molar-refractivity contribution is 5.81. The molecule has 1 N–H and O–H groups in total. The zero-order chi connectivity index (χ0) is 15.6. The van der Waals surface area contributed by atoms with Crippen LogP contribution in [0.3, 0.4) is 0 Å². The molecule has 0 fully saturated rings. The molecule has 0 aliphatic heterocycles. The normalized spacial score (nSPS) is 13.8. The van der Waals surface area contributed by atoms with Gasteiger partial charge in [-0.15, -0.1) is 13.2 Å². The van der Waals surface area contributed by atoms with E-state index in [1.54, 1.807) is 27.7 Å². The van der Waals surface area contributed by atoms with Crippen LogP contribution in [0.1, 0.15) is 39.3 Å². The van der Waals surface area contributed by atoms with Crippen molar-refractivity contribution < 1.29 is 22.7 Å². The zero-order valence-corrected chi connectivity index (χ0v) is 11.8. The van der Waals surface area contributed by atoms with Gasteiger partial charge in [-0.2, -0.15) is 0 Å². The summed E-state index contributed by atoms with van der Waals surface area (Å²) >= 11 is 0. The molecule has 112 valence electrons. The Morgan fingerprint density at radius 2 is 1.65 bits per heavy atom. The Kier molecular flexibility index (Phi) is 4.68. The summed E-state index contributed by atoms with van der Waals surface area (Å²) in [6, 6.07) is 5.15. The Morgan fingerprint density at radius 1 is 1.15 bits per heavy atom. The van der Waals surface area contributed by atoms with Gasteiger partial charge in [0.05, 0.1) is 6.04 Å². The van der Waals surface area contributed by atoms with Crippen LogP contribution in [0.5, 0.6) is 5.75 Å². The quantitative estimate of drug-likeness (QED) is 0.919. The molecule has 0 aliphatic carbocycles. The van der Waals surface area contributed by atoms with Crippen molar-refractivity contribution in [2.24, 2.45) is 5.41 Å². The molecule has 1 rings (SSSR count). The van der Waals surface area contributed by atoms with Gasteiger partial charge >= 0.3 is 6.36 Å². The minimum absolute atomic E-state index is 0.124. The molecule has 0 heterocycles. The Bertz CT molecular complexity index is 461. The predicted octanol–water partition coefficient (Wildman–Crippen LogP) is 3.81. The topological polar surface area (TPSA) is 38.3 Å². The van der Waals surface area contributed by atoms with E-state index in [0.29, 0.717) is 5.56 Å². The maximum absolute atomic E-state index is 12.0. The van der Waals surface area contributed by atoms with Gasteiger partial charge in [0.1, 0.15) is 5.75 Å². The molecule has 3 nitrogen and oxygen atoms in total. The first-order valence-corrected chi connectivity index (χ1v) is 6.16. The Balaban J connectivity index is 2.71. The van der Waals surface area contributed by atoms with Gasteiger partial charge in [0.2, 0.25) is 5.91 Å². The standard InChI is InChI=1S/C14H18F3NO2/c1-9(18-12(19)13(2,3)4)10-5-7-11(8-6-10)20-14(15,16)17/h5-9H,1-4H3,(H,18,19)/t9-/m1/s1. The van der Waals surface area contributed by atoms with E-state index in [2.05, 4.69) is 10.1 Å². The van der Waals surface area contributed by atoms with E-state index < -0.39 is 11.8 Å². The number of rotatable bonds is 3.